The van der Waals surface area contributed by atoms with E-state index in [-0.39, 0.29) is 0 Å². The first kappa shape index (κ1) is 85.1. The molecule has 3 aromatic heterocycles. The summed E-state index contributed by atoms with van der Waals surface area (Å²) in [6.45, 7) is 0. The third-order valence-electron chi connectivity index (χ3n) is 27.9. The summed E-state index contributed by atoms with van der Waals surface area (Å²) in [6.07, 6.45) is 0. The van der Waals surface area contributed by atoms with Crippen molar-refractivity contribution in [3.63, 3.8) is 0 Å². The number of benzene rings is 25. The fourth-order valence-corrected chi connectivity index (χ4v) is 20.9. The van der Waals surface area contributed by atoms with Gasteiger partial charge in [0.1, 0.15) is 0 Å². The molecule has 0 atom stereocenters. The molecule has 28 rings (SSSR count). The Morgan fingerprint density at radius 1 is 0.0903 bits per heavy atom. The standard InChI is InChI=1S/C49H31N3.2C43H27N3/c1-3-12-32(13-4-1)38-18-11-19-40(30-38)49-51-47(36-16-5-2-6-17-36)50-48(52-49)37-25-22-35(23-26-37)44-31-39-27-24-33-14-7-9-20-41(33)45(39)43-29-28-34-15-8-10-21-42(34)46(43)44;1-3-14-29(15-4-1)41-44-42(30-16-5-2-6-17-30)46-43(45-41)38-22-12-11-21-34(38)39-27-31-18-8-10-20-33(31)40-36-24-23-28-13-7-9-19-32(28)35(36)25-26-37(39)40;1-3-11-30(12-4-1)41-44-42(31-13-5-2-6-14-31)46-43(45-41)35-16-9-15-32(27-35)33-21-23-36-34(26-33)22-25-39-38(36)24-20-29-19-18-28-10-7-8-17-37(28)40(29)39/h1-31H;2*1-27H. The molecule has 0 aliphatic rings. The van der Waals surface area contributed by atoms with Crippen molar-refractivity contribution in [2.75, 3.05) is 0 Å². The van der Waals surface area contributed by atoms with Crippen LogP contribution in [0.1, 0.15) is 0 Å². The Kier molecular flexibility index (Phi) is 21.8. The van der Waals surface area contributed by atoms with Gasteiger partial charge in [0.25, 0.3) is 0 Å². The third kappa shape index (κ3) is 16.0. The lowest BCUT2D eigenvalue weighted by Gasteiger charge is -2.17. The summed E-state index contributed by atoms with van der Waals surface area (Å²) < 4.78 is 0. The molecule has 0 amide bonds. The zero-order valence-electron chi connectivity index (χ0n) is 78.1. The minimum Gasteiger partial charge on any atom is -0.208 e. The molecule has 0 saturated heterocycles. The lowest BCUT2D eigenvalue weighted by atomic mass is 9.87. The van der Waals surface area contributed by atoms with E-state index in [1.165, 1.54) is 135 Å². The summed E-state index contributed by atoms with van der Waals surface area (Å²) in [4.78, 5) is 44.9. The van der Waals surface area contributed by atoms with Crippen LogP contribution in [0.2, 0.25) is 0 Å². The van der Waals surface area contributed by atoms with E-state index in [1.807, 2.05) is 158 Å². The summed E-state index contributed by atoms with van der Waals surface area (Å²) in [7, 11) is 0. The molecule has 25 aromatic carbocycles. The average molecular weight is 1830 g/mol. The largest absolute Gasteiger partial charge is 0.208 e. The van der Waals surface area contributed by atoms with Gasteiger partial charge in [-0.3, -0.25) is 0 Å². The van der Waals surface area contributed by atoms with Crippen molar-refractivity contribution in [2.24, 2.45) is 0 Å². The lowest BCUT2D eigenvalue weighted by Crippen LogP contribution is -2.01. The first-order chi connectivity index (χ1) is 71.4. The Balaban J connectivity index is 0.000000110. The molecule has 0 radical (unpaired) electrons. The van der Waals surface area contributed by atoms with Crippen molar-refractivity contribution in [1.29, 1.82) is 0 Å². The van der Waals surface area contributed by atoms with E-state index in [9.17, 15) is 0 Å². The van der Waals surface area contributed by atoms with E-state index in [0.29, 0.717) is 52.4 Å². The van der Waals surface area contributed by atoms with Crippen LogP contribution in [-0.2, 0) is 0 Å². The molecule has 3 heterocycles. The maximum atomic E-state index is 5.09. The van der Waals surface area contributed by atoms with Crippen LogP contribution < -0.4 is 0 Å². The van der Waals surface area contributed by atoms with Gasteiger partial charge in [-0.05, 0) is 204 Å². The SMILES string of the molecule is c1ccc(-c2cccc(-c3nc(-c4ccccc4)nc(-c4ccc(-c5cc6ccc7ccccc7c6c6ccc7ccccc7c56)cc4)n3)c2)cc1.c1ccc(-c2nc(-c3ccccc3)nc(-c3cccc(-c4ccc5c(ccc6c5ccc5ccc7ccccc7c56)c4)c3)n2)cc1.c1ccc(-c2nc(-c3ccccc3)nc(-c3ccccc3-c3cc4ccccc4c4c3ccc3c5ccccc5ccc34)n2)cc1. The fraction of sp³-hybridized carbons (Fsp3) is 0. The van der Waals surface area contributed by atoms with Gasteiger partial charge in [0, 0.05) is 50.1 Å². The van der Waals surface area contributed by atoms with Gasteiger partial charge in [0.05, 0.1) is 0 Å². The molecular formula is C135H85N9. The molecule has 0 aliphatic carbocycles. The van der Waals surface area contributed by atoms with Gasteiger partial charge in [-0.2, -0.15) is 0 Å². The van der Waals surface area contributed by atoms with Gasteiger partial charge in [-0.25, -0.2) is 44.9 Å². The summed E-state index contributed by atoms with van der Waals surface area (Å²) in [5, 5.41) is 30.2. The highest BCUT2D eigenvalue weighted by atomic mass is 15.1. The smallest absolute Gasteiger partial charge is 0.164 e. The van der Waals surface area contributed by atoms with E-state index >= 15 is 0 Å². The first-order valence-electron chi connectivity index (χ1n) is 48.7. The molecule has 0 unspecified atom stereocenters. The lowest BCUT2D eigenvalue weighted by molar-refractivity contribution is 1.07. The average Bonchev–Trinajstić information content (AvgIpc) is 0.727. The van der Waals surface area contributed by atoms with Crippen LogP contribution in [0.3, 0.4) is 0 Å². The zero-order valence-corrected chi connectivity index (χ0v) is 78.1. The molecule has 9 nitrogen and oxygen atoms in total. The van der Waals surface area contributed by atoms with Crippen LogP contribution in [0.15, 0.2) is 516 Å². The van der Waals surface area contributed by atoms with Crippen LogP contribution in [0.4, 0.5) is 0 Å². The van der Waals surface area contributed by atoms with Crippen molar-refractivity contribution in [3.8, 4) is 147 Å². The van der Waals surface area contributed by atoms with Crippen LogP contribution >= 0.6 is 0 Å². The van der Waals surface area contributed by atoms with Crippen molar-refractivity contribution < 1.29 is 0 Å². The molecule has 0 N–H and O–H groups in total. The molecule has 0 bridgehead atoms. The highest BCUT2D eigenvalue weighted by Gasteiger charge is 2.24. The van der Waals surface area contributed by atoms with Crippen molar-refractivity contribution in [2.45, 2.75) is 0 Å². The van der Waals surface area contributed by atoms with Gasteiger partial charge >= 0.3 is 0 Å². The number of nitrogens with zero attached hydrogens (tertiary/aromatic N) is 9. The molecule has 9 heteroatoms. The van der Waals surface area contributed by atoms with E-state index in [4.69, 9.17) is 44.9 Å². The van der Waals surface area contributed by atoms with Gasteiger partial charge in [-0.15, -0.1) is 0 Å². The second-order valence-corrected chi connectivity index (χ2v) is 36.5. The quantitative estimate of drug-likeness (QED) is 0.104. The molecule has 28 aromatic rings. The highest BCUT2D eigenvalue weighted by molar-refractivity contribution is 6.31. The van der Waals surface area contributed by atoms with Gasteiger partial charge in [-0.1, -0.05) is 485 Å². The predicted molar refractivity (Wildman–Crippen MR) is 600 cm³/mol. The summed E-state index contributed by atoms with van der Waals surface area (Å²) >= 11 is 0. The number of hydrogen-bond donors (Lipinski definition) is 0. The maximum absolute atomic E-state index is 5.09. The Morgan fingerprint density at radius 3 is 0.854 bits per heavy atom. The molecule has 0 saturated carbocycles. The zero-order chi connectivity index (χ0) is 95.3. The van der Waals surface area contributed by atoms with E-state index in [2.05, 4.69) is 358 Å². The molecular weight excluding hydrogens is 1750 g/mol. The van der Waals surface area contributed by atoms with Crippen molar-refractivity contribution in [1.82, 2.24) is 44.9 Å². The molecule has 0 aliphatic heterocycles. The van der Waals surface area contributed by atoms with Gasteiger partial charge in [0.2, 0.25) is 0 Å². The summed E-state index contributed by atoms with van der Waals surface area (Å²) in [6, 6.07) is 182. The van der Waals surface area contributed by atoms with Gasteiger partial charge < -0.3 is 0 Å². The van der Waals surface area contributed by atoms with Crippen molar-refractivity contribution >= 4 is 129 Å². The van der Waals surface area contributed by atoms with E-state index in [0.717, 1.165) is 89.0 Å². The van der Waals surface area contributed by atoms with Crippen molar-refractivity contribution in [3.05, 3.63) is 516 Å². The fourth-order valence-electron chi connectivity index (χ4n) is 20.9. The maximum Gasteiger partial charge on any atom is 0.164 e. The van der Waals surface area contributed by atoms with Crippen LogP contribution in [0.25, 0.3) is 276 Å². The van der Waals surface area contributed by atoms with Crippen LogP contribution in [-0.4, -0.2) is 44.9 Å². The summed E-state index contributed by atoms with van der Waals surface area (Å²) in [5.74, 6) is 5.86. The second kappa shape index (κ2) is 36.9. The molecule has 144 heavy (non-hydrogen) atoms. The number of hydrogen-bond acceptors (Lipinski definition) is 9. The molecule has 670 valence electrons. The van der Waals surface area contributed by atoms with Crippen LogP contribution in [0, 0.1) is 0 Å². The first-order valence-corrected chi connectivity index (χ1v) is 48.7. The minimum absolute atomic E-state index is 0.640. The topological polar surface area (TPSA) is 116 Å². The Hall–Kier alpha value is -19.4. The Morgan fingerprint density at radius 2 is 0.354 bits per heavy atom. The predicted octanol–water partition coefficient (Wildman–Crippen LogP) is 35.1. The molecule has 0 fully saturated rings. The third-order valence-corrected chi connectivity index (χ3v) is 27.9. The summed E-state index contributed by atoms with van der Waals surface area (Å²) in [5.41, 5.74) is 17.7. The van der Waals surface area contributed by atoms with Gasteiger partial charge in [0.15, 0.2) is 52.4 Å². The minimum atomic E-state index is 0.640. The van der Waals surface area contributed by atoms with E-state index in [1.54, 1.807) is 0 Å². The van der Waals surface area contributed by atoms with E-state index < -0.39 is 0 Å². The van der Waals surface area contributed by atoms with Crippen LogP contribution in [0.5, 0.6) is 0 Å². The molecule has 0 spiro atoms. The Bertz CT molecular complexity index is 9770. The number of rotatable bonds is 13. The normalized spacial score (nSPS) is 11.5. The Labute approximate surface area is 830 Å². The number of aromatic nitrogens is 9. The second-order valence-electron chi connectivity index (χ2n) is 36.5. The highest BCUT2D eigenvalue weighted by Crippen LogP contribution is 2.47. The number of fused-ring (bicyclic) bond motifs is 21. The monoisotopic (exact) mass is 1830 g/mol.